The van der Waals surface area contributed by atoms with Crippen LogP contribution in [0.15, 0.2) is 47.7 Å². The molecule has 3 heteroatoms. The fourth-order valence-electron chi connectivity index (χ4n) is 1.72. The molecule has 0 spiro atoms. The summed E-state index contributed by atoms with van der Waals surface area (Å²) in [6, 6.07) is 5.53. The highest BCUT2D eigenvalue weighted by atomic mass is 19.1. The predicted octanol–water partition coefficient (Wildman–Crippen LogP) is 3.18. The van der Waals surface area contributed by atoms with Crippen molar-refractivity contribution in [3.8, 4) is 0 Å². The lowest BCUT2D eigenvalue weighted by atomic mass is 10.0. The number of benzene rings is 1. The maximum atomic E-state index is 12.7. The minimum atomic E-state index is -0.338. The van der Waals surface area contributed by atoms with Crippen LogP contribution >= 0.6 is 0 Å². The summed E-state index contributed by atoms with van der Waals surface area (Å²) in [4.78, 5) is 11.9. The van der Waals surface area contributed by atoms with Crippen molar-refractivity contribution in [2.75, 3.05) is 0 Å². The lowest BCUT2D eigenvalue weighted by Crippen LogP contribution is -2.23. The molecule has 0 atom stereocenters. The van der Waals surface area contributed by atoms with E-state index >= 15 is 0 Å². The molecule has 0 saturated heterocycles. The summed E-state index contributed by atoms with van der Waals surface area (Å²) in [7, 11) is 0. The van der Waals surface area contributed by atoms with Gasteiger partial charge < -0.3 is 5.32 Å². The summed E-state index contributed by atoms with van der Waals surface area (Å²) >= 11 is 0. The van der Waals surface area contributed by atoms with Crippen molar-refractivity contribution in [2.24, 2.45) is 0 Å². The molecule has 2 nitrogen and oxygen atoms in total. The van der Waals surface area contributed by atoms with Gasteiger partial charge in [0.25, 0.3) is 5.91 Å². The van der Waals surface area contributed by atoms with Crippen LogP contribution in [0.4, 0.5) is 4.39 Å². The SMILES string of the molecule is CC1=C(NC(=O)c2ccc(F)cc2)C=CCC1. The standard InChI is InChI=1S/C14H14FNO/c1-10-4-2-3-5-13(10)16-14(17)11-6-8-12(15)9-7-11/h3,5-9H,2,4H2,1H3,(H,16,17). The molecule has 17 heavy (non-hydrogen) atoms. The van der Waals surface area contributed by atoms with E-state index in [-0.39, 0.29) is 11.7 Å². The van der Waals surface area contributed by atoms with Gasteiger partial charge in [-0.05, 0) is 55.7 Å². The van der Waals surface area contributed by atoms with E-state index in [1.54, 1.807) is 0 Å². The lowest BCUT2D eigenvalue weighted by molar-refractivity contribution is 0.0966. The van der Waals surface area contributed by atoms with E-state index in [1.807, 2.05) is 19.1 Å². The second-order valence-electron chi connectivity index (χ2n) is 4.10. The number of hydrogen-bond donors (Lipinski definition) is 1. The normalized spacial score (nSPS) is 14.9. The Hall–Kier alpha value is -1.90. The average molecular weight is 231 g/mol. The first kappa shape index (κ1) is 11.6. The smallest absolute Gasteiger partial charge is 0.255 e. The van der Waals surface area contributed by atoms with Gasteiger partial charge in [-0.2, -0.15) is 0 Å². The maximum Gasteiger partial charge on any atom is 0.255 e. The Balaban J connectivity index is 2.12. The lowest BCUT2D eigenvalue weighted by Gasteiger charge is -2.13. The van der Waals surface area contributed by atoms with Crippen LogP contribution in [0.2, 0.25) is 0 Å². The number of hydrogen-bond acceptors (Lipinski definition) is 1. The minimum Gasteiger partial charge on any atom is -0.322 e. The molecule has 0 radical (unpaired) electrons. The zero-order chi connectivity index (χ0) is 12.3. The Morgan fingerprint density at radius 3 is 2.65 bits per heavy atom. The largest absolute Gasteiger partial charge is 0.322 e. The van der Waals surface area contributed by atoms with Gasteiger partial charge in [-0.1, -0.05) is 6.08 Å². The van der Waals surface area contributed by atoms with Gasteiger partial charge in [-0.25, -0.2) is 4.39 Å². The fourth-order valence-corrected chi connectivity index (χ4v) is 1.72. The highest BCUT2D eigenvalue weighted by Crippen LogP contribution is 2.16. The molecule has 0 aliphatic heterocycles. The number of nitrogens with one attached hydrogen (secondary N) is 1. The van der Waals surface area contributed by atoms with Crippen molar-refractivity contribution in [2.45, 2.75) is 19.8 Å². The molecule has 1 aliphatic carbocycles. The van der Waals surface area contributed by atoms with Gasteiger partial charge in [0.1, 0.15) is 5.82 Å². The van der Waals surface area contributed by atoms with Crippen molar-refractivity contribution in [3.63, 3.8) is 0 Å². The summed E-state index contributed by atoms with van der Waals surface area (Å²) in [6.45, 7) is 2.00. The molecule has 0 aromatic heterocycles. The number of rotatable bonds is 2. The van der Waals surface area contributed by atoms with Crippen LogP contribution in [0, 0.1) is 5.82 Å². The van der Waals surface area contributed by atoms with Crippen molar-refractivity contribution in [1.82, 2.24) is 5.32 Å². The van der Waals surface area contributed by atoms with Crippen LogP contribution in [-0.4, -0.2) is 5.91 Å². The molecule has 88 valence electrons. The first-order valence-corrected chi connectivity index (χ1v) is 5.60. The minimum absolute atomic E-state index is 0.203. The molecule has 0 unspecified atom stereocenters. The summed E-state index contributed by atoms with van der Waals surface area (Å²) in [6.07, 6.45) is 5.94. The van der Waals surface area contributed by atoms with E-state index in [9.17, 15) is 9.18 Å². The summed E-state index contributed by atoms with van der Waals surface area (Å²) in [5.74, 6) is -0.541. The van der Waals surface area contributed by atoms with Crippen LogP contribution in [0.1, 0.15) is 30.1 Å². The van der Waals surface area contributed by atoms with E-state index in [0.717, 1.165) is 18.5 Å². The Labute approximate surface area is 99.8 Å². The third-order valence-corrected chi connectivity index (χ3v) is 2.78. The van der Waals surface area contributed by atoms with Crippen LogP contribution in [0.5, 0.6) is 0 Å². The van der Waals surface area contributed by atoms with Gasteiger partial charge in [-0.15, -0.1) is 0 Å². The van der Waals surface area contributed by atoms with Crippen molar-refractivity contribution in [1.29, 1.82) is 0 Å². The monoisotopic (exact) mass is 231 g/mol. The van der Waals surface area contributed by atoms with Crippen molar-refractivity contribution >= 4 is 5.91 Å². The molecule has 0 saturated carbocycles. The molecule has 0 heterocycles. The van der Waals surface area contributed by atoms with E-state index in [4.69, 9.17) is 0 Å². The zero-order valence-electron chi connectivity index (χ0n) is 9.66. The van der Waals surface area contributed by atoms with Crippen LogP contribution in [-0.2, 0) is 0 Å². The van der Waals surface area contributed by atoms with Crippen LogP contribution < -0.4 is 5.32 Å². The Kier molecular flexibility index (Phi) is 3.38. The molecule has 0 bridgehead atoms. The first-order chi connectivity index (χ1) is 8.16. The molecular weight excluding hydrogens is 217 g/mol. The second kappa shape index (κ2) is 4.95. The fraction of sp³-hybridized carbons (Fsp3) is 0.214. The number of carbonyl (C=O) groups is 1. The molecule has 1 aromatic carbocycles. The van der Waals surface area contributed by atoms with E-state index < -0.39 is 0 Å². The van der Waals surface area contributed by atoms with Gasteiger partial charge in [-0.3, -0.25) is 4.79 Å². The molecule has 0 fully saturated rings. The van der Waals surface area contributed by atoms with Crippen molar-refractivity contribution < 1.29 is 9.18 Å². The average Bonchev–Trinajstić information content (AvgIpc) is 2.33. The zero-order valence-corrected chi connectivity index (χ0v) is 9.66. The maximum absolute atomic E-state index is 12.7. The molecule has 2 rings (SSSR count). The third kappa shape index (κ3) is 2.81. The van der Waals surface area contributed by atoms with Gasteiger partial charge in [0.2, 0.25) is 0 Å². The van der Waals surface area contributed by atoms with Crippen LogP contribution in [0.3, 0.4) is 0 Å². The van der Waals surface area contributed by atoms with Gasteiger partial charge in [0.05, 0.1) is 0 Å². The Morgan fingerprint density at radius 2 is 2.00 bits per heavy atom. The molecular formula is C14H14FNO. The van der Waals surface area contributed by atoms with E-state index in [2.05, 4.69) is 5.32 Å². The molecule has 1 aromatic rings. The highest BCUT2D eigenvalue weighted by Gasteiger charge is 2.10. The predicted molar refractivity (Wildman–Crippen MR) is 64.9 cm³/mol. The summed E-state index contributed by atoms with van der Waals surface area (Å²) in [5, 5.41) is 2.84. The summed E-state index contributed by atoms with van der Waals surface area (Å²) in [5.41, 5.74) is 2.49. The first-order valence-electron chi connectivity index (χ1n) is 5.60. The summed E-state index contributed by atoms with van der Waals surface area (Å²) < 4.78 is 12.7. The van der Waals surface area contributed by atoms with E-state index in [1.165, 1.54) is 29.8 Å². The van der Waals surface area contributed by atoms with Crippen molar-refractivity contribution in [3.05, 3.63) is 59.1 Å². The Bertz CT molecular complexity index is 485. The highest BCUT2D eigenvalue weighted by molar-refractivity contribution is 5.95. The Morgan fingerprint density at radius 1 is 1.29 bits per heavy atom. The number of carbonyl (C=O) groups excluding carboxylic acids is 1. The number of halogens is 1. The number of amides is 1. The van der Waals surface area contributed by atoms with E-state index in [0.29, 0.717) is 5.56 Å². The second-order valence-corrected chi connectivity index (χ2v) is 4.10. The third-order valence-electron chi connectivity index (χ3n) is 2.78. The van der Waals surface area contributed by atoms with Crippen LogP contribution in [0.25, 0.3) is 0 Å². The number of allylic oxidation sites excluding steroid dienone is 3. The topological polar surface area (TPSA) is 29.1 Å². The van der Waals surface area contributed by atoms with Gasteiger partial charge in [0.15, 0.2) is 0 Å². The molecule has 1 aliphatic rings. The van der Waals surface area contributed by atoms with Gasteiger partial charge >= 0.3 is 0 Å². The quantitative estimate of drug-likeness (QED) is 0.832. The molecule has 1 N–H and O–H groups in total. The molecule has 1 amide bonds. The van der Waals surface area contributed by atoms with Gasteiger partial charge in [0, 0.05) is 11.3 Å².